The Hall–Kier alpha value is -3.67. The Morgan fingerprint density at radius 1 is 1.33 bits per heavy atom. The smallest absolute Gasteiger partial charge is 0.411 e. The molecule has 2 amide bonds. The van der Waals surface area contributed by atoms with Gasteiger partial charge in [-0.05, 0) is 69.7 Å². The summed E-state index contributed by atoms with van der Waals surface area (Å²) in [5.41, 5.74) is 0.170. The van der Waals surface area contributed by atoms with E-state index < -0.39 is 35.5 Å². The molecule has 4 rings (SSSR count). The topological polar surface area (TPSA) is 108 Å². The molecular formula is C27H31FN4O4. The molecule has 36 heavy (non-hydrogen) atoms. The number of nitrogens with zero attached hydrogens (tertiary/aromatic N) is 3. The molecule has 0 radical (unpaired) electrons. The van der Waals surface area contributed by atoms with Crippen molar-refractivity contribution in [1.82, 2.24) is 10.2 Å². The molecule has 2 aromatic rings. The van der Waals surface area contributed by atoms with E-state index >= 15 is 0 Å². The molecule has 1 N–H and O–H groups in total. The minimum absolute atomic E-state index is 0.00645. The van der Waals surface area contributed by atoms with Crippen LogP contribution in [-0.4, -0.2) is 53.9 Å². The number of halogens is 1. The third-order valence-electron chi connectivity index (χ3n) is 6.58. The van der Waals surface area contributed by atoms with Crippen molar-refractivity contribution in [1.29, 1.82) is 5.26 Å². The lowest BCUT2D eigenvalue weighted by atomic mass is 9.97. The number of nitrogens with one attached hydrogen (secondary N) is 1. The number of nitriles is 1. The van der Waals surface area contributed by atoms with Gasteiger partial charge in [0.05, 0.1) is 12.3 Å². The van der Waals surface area contributed by atoms with Crippen molar-refractivity contribution in [3.05, 3.63) is 47.5 Å². The number of fused-ring (bicyclic) bond motifs is 2. The summed E-state index contributed by atoms with van der Waals surface area (Å²) in [5.74, 6) is 0.176. The fraction of sp³-hybridized carbons (Fsp3) is 0.481. The van der Waals surface area contributed by atoms with Gasteiger partial charge < -0.3 is 14.5 Å². The summed E-state index contributed by atoms with van der Waals surface area (Å²) >= 11 is 0. The third kappa shape index (κ3) is 5.43. The number of benzene rings is 1. The van der Waals surface area contributed by atoms with E-state index in [1.165, 1.54) is 11.0 Å². The summed E-state index contributed by atoms with van der Waals surface area (Å²) in [6.07, 6.45) is 3.45. The molecule has 190 valence electrons. The van der Waals surface area contributed by atoms with Crippen molar-refractivity contribution in [2.24, 2.45) is 10.9 Å². The van der Waals surface area contributed by atoms with E-state index in [0.717, 1.165) is 19.3 Å². The zero-order chi connectivity index (χ0) is 26.0. The highest BCUT2D eigenvalue weighted by Gasteiger charge is 2.52. The fourth-order valence-electron chi connectivity index (χ4n) is 5.08. The van der Waals surface area contributed by atoms with Crippen LogP contribution in [0.4, 0.5) is 9.18 Å². The molecule has 8 nitrogen and oxygen atoms in total. The van der Waals surface area contributed by atoms with E-state index in [-0.39, 0.29) is 18.4 Å². The predicted octanol–water partition coefficient (Wildman–Crippen LogP) is 4.47. The van der Waals surface area contributed by atoms with Crippen LogP contribution in [0.15, 0.2) is 39.7 Å². The van der Waals surface area contributed by atoms with E-state index in [0.29, 0.717) is 22.6 Å². The standard InChI is InChI=1S/C27H31FN4O4/c1-27(2,3)36-26(34)32-20-8-7-18(12-20)24(32)25(33)31-19(14-29)11-16-5-6-17(13-22(16)28)23-10-9-21(35-23)15-30-4/h5-6,9-10,13,15,18-20,24H,7-8,11-12H2,1-4H3,(H,31,33)/t18-,19-,20+,24-/m0/s1. The first-order valence-corrected chi connectivity index (χ1v) is 12.1. The van der Waals surface area contributed by atoms with Gasteiger partial charge in [0.1, 0.15) is 35.0 Å². The van der Waals surface area contributed by atoms with Crippen molar-refractivity contribution in [2.45, 2.75) is 70.2 Å². The molecule has 4 atom stereocenters. The minimum Gasteiger partial charge on any atom is -0.455 e. The van der Waals surface area contributed by atoms with Crippen molar-refractivity contribution in [3.63, 3.8) is 0 Å². The molecule has 2 bridgehead atoms. The third-order valence-corrected chi connectivity index (χ3v) is 6.58. The average molecular weight is 495 g/mol. The Balaban J connectivity index is 1.45. The van der Waals surface area contributed by atoms with Gasteiger partial charge >= 0.3 is 6.09 Å². The van der Waals surface area contributed by atoms with Crippen LogP contribution in [0.5, 0.6) is 0 Å². The Kier molecular flexibility index (Phi) is 7.16. The van der Waals surface area contributed by atoms with Gasteiger partial charge in [0.15, 0.2) is 0 Å². The first-order valence-electron chi connectivity index (χ1n) is 12.1. The SMILES string of the molecule is CN=Cc1ccc(-c2ccc(C[C@@H](C#N)NC(=O)[C@@H]3[C@H]4CC[C@H](C4)N3C(=O)OC(C)(C)C)c(F)c2)o1. The molecule has 1 aliphatic carbocycles. The second-order valence-electron chi connectivity index (χ2n) is 10.3. The van der Waals surface area contributed by atoms with Crippen LogP contribution < -0.4 is 5.32 Å². The van der Waals surface area contributed by atoms with Gasteiger partial charge in [-0.3, -0.25) is 14.7 Å². The van der Waals surface area contributed by atoms with Crippen LogP contribution >= 0.6 is 0 Å². The first kappa shape index (κ1) is 25.4. The van der Waals surface area contributed by atoms with Crippen LogP contribution in [0, 0.1) is 23.1 Å². The molecule has 9 heteroatoms. The maximum Gasteiger partial charge on any atom is 0.411 e. The van der Waals surface area contributed by atoms with E-state index in [9.17, 15) is 19.2 Å². The average Bonchev–Trinajstić information content (AvgIpc) is 3.55. The van der Waals surface area contributed by atoms with Crippen LogP contribution in [-0.2, 0) is 16.0 Å². The summed E-state index contributed by atoms with van der Waals surface area (Å²) in [5, 5.41) is 12.4. The maximum atomic E-state index is 14.9. The maximum absolute atomic E-state index is 14.9. The van der Waals surface area contributed by atoms with E-state index in [4.69, 9.17) is 9.15 Å². The molecular weight excluding hydrogens is 463 g/mol. The molecule has 0 spiro atoms. The number of furan rings is 1. The molecule has 2 aliphatic rings. The van der Waals surface area contributed by atoms with Crippen LogP contribution in [0.25, 0.3) is 11.3 Å². The van der Waals surface area contributed by atoms with Crippen molar-refractivity contribution >= 4 is 18.2 Å². The van der Waals surface area contributed by atoms with Gasteiger partial charge in [0, 0.05) is 25.1 Å². The van der Waals surface area contributed by atoms with Gasteiger partial charge in [-0.2, -0.15) is 5.26 Å². The number of likely N-dealkylation sites (tertiary alicyclic amines) is 1. The number of hydrogen-bond donors (Lipinski definition) is 1. The number of hydrogen-bond acceptors (Lipinski definition) is 6. The largest absolute Gasteiger partial charge is 0.455 e. The molecule has 1 aliphatic heterocycles. The summed E-state index contributed by atoms with van der Waals surface area (Å²) in [6, 6.07) is 8.48. The van der Waals surface area contributed by atoms with Crippen molar-refractivity contribution in [2.75, 3.05) is 7.05 Å². The summed E-state index contributed by atoms with van der Waals surface area (Å²) in [4.78, 5) is 31.5. The quantitative estimate of drug-likeness (QED) is 0.596. The van der Waals surface area contributed by atoms with E-state index in [2.05, 4.69) is 16.4 Å². The Bertz CT molecular complexity index is 1210. The number of ether oxygens (including phenoxy) is 1. The highest BCUT2D eigenvalue weighted by molar-refractivity contribution is 5.87. The first-order chi connectivity index (χ1) is 17.1. The molecule has 1 aromatic carbocycles. The second-order valence-corrected chi connectivity index (χ2v) is 10.3. The number of carbonyl (C=O) groups is 2. The number of rotatable bonds is 6. The normalized spacial score (nSPS) is 22.0. The van der Waals surface area contributed by atoms with E-state index in [1.54, 1.807) is 58.3 Å². The Morgan fingerprint density at radius 2 is 2.11 bits per heavy atom. The molecule has 2 heterocycles. The monoisotopic (exact) mass is 494 g/mol. The van der Waals surface area contributed by atoms with Crippen LogP contribution in [0.1, 0.15) is 51.4 Å². The van der Waals surface area contributed by atoms with Crippen LogP contribution in [0.3, 0.4) is 0 Å². The lowest BCUT2D eigenvalue weighted by molar-refractivity contribution is -0.128. The van der Waals surface area contributed by atoms with Crippen molar-refractivity contribution < 1.29 is 23.1 Å². The second kappa shape index (κ2) is 10.1. The number of amides is 2. The summed E-state index contributed by atoms with van der Waals surface area (Å²) in [6.45, 7) is 5.35. The number of aliphatic imine (C=N–C) groups is 1. The minimum atomic E-state index is -0.951. The summed E-state index contributed by atoms with van der Waals surface area (Å²) in [7, 11) is 1.63. The number of carbonyl (C=O) groups excluding carboxylic acids is 2. The molecule has 1 saturated carbocycles. The summed E-state index contributed by atoms with van der Waals surface area (Å²) < 4.78 is 26.1. The van der Waals surface area contributed by atoms with Crippen molar-refractivity contribution in [3.8, 4) is 17.4 Å². The molecule has 2 fully saturated rings. The molecule has 1 aromatic heterocycles. The van der Waals surface area contributed by atoms with Gasteiger partial charge in [0.25, 0.3) is 0 Å². The van der Waals surface area contributed by atoms with Gasteiger partial charge in [-0.15, -0.1) is 0 Å². The molecule has 0 unspecified atom stereocenters. The lowest BCUT2D eigenvalue weighted by Gasteiger charge is -2.35. The number of piperidine rings is 1. The predicted molar refractivity (Wildman–Crippen MR) is 132 cm³/mol. The fourth-order valence-corrected chi connectivity index (χ4v) is 5.08. The highest BCUT2D eigenvalue weighted by atomic mass is 19.1. The lowest BCUT2D eigenvalue weighted by Crippen LogP contribution is -2.55. The molecule has 1 saturated heterocycles. The Labute approximate surface area is 210 Å². The zero-order valence-corrected chi connectivity index (χ0v) is 21.0. The highest BCUT2D eigenvalue weighted by Crippen LogP contribution is 2.43. The zero-order valence-electron chi connectivity index (χ0n) is 21.0. The van der Waals surface area contributed by atoms with Gasteiger partial charge in [-0.25, -0.2) is 9.18 Å². The van der Waals surface area contributed by atoms with Gasteiger partial charge in [0.2, 0.25) is 5.91 Å². The van der Waals surface area contributed by atoms with Gasteiger partial charge in [-0.1, -0.05) is 12.1 Å². The van der Waals surface area contributed by atoms with E-state index in [1.807, 2.05) is 0 Å². The Morgan fingerprint density at radius 3 is 2.78 bits per heavy atom. The van der Waals surface area contributed by atoms with Crippen LogP contribution in [0.2, 0.25) is 0 Å².